The van der Waals surface area contributed by atoms with E-state index >= 15 is 0 Å². The number of carbonyl (C=O) groups excluding carboxylic acids is 1. The monoisotopic (exact) mass is 445 g/mol. The molecule has 0 spiro atoms. The summed E-state index contributed by atoms with van der Waals surface area (Å²) in [4.78, 5) is 15.2. The molecule has 3 rings (SSSR count). The van der Waals surface area contributed by atoms with Crippen molar-refractivity contribution in [3.63, 3.8) is 0 Å². The Hall–Kier alpha value is -2.58. The van der Waals surface area contributed by atoms with E-state index in [1.54, 1.807) is 31.2 Å². The average molecular weight is 446 g/mol. The molecule has 2 aromatic carbocycles. The minimum Gasteiger partial charge on any atom is -0.497 e. The summed E-state index contributed by atoms with van der Waals surface area (Å²) in [6.45, 7) is 5.17. The van der Waals surface area contributed by atoms with Gasteiger partial charge in [-0.1, -0.05) is 30.3 Å². The third-order valence-corrected chi connectivity index (χ3v) is 6.73. The highest BCUT2D eigenvalue weighted by atomic mass is 32.2. The lowest BCUT2D eigenvalue weighted by molar-refractivity contribution is -0.122. The molecule has 0 unspecified atom stereocenters. The molecule has 0 radical (unpaired) electrons. The lowest BCUT2D eigenvalue weighted by Crippen LogP contribution is -2.47. The Morgan fingerprint density at radius 3 is 2.39 bits per heavy atom. The van der Waals surface area contributed by atoms with E-state index < -0.39 is 16.1 Å². The lowest BCUT2D eigenvalue weighted by Gasteiger charge is -2.28. The molecule has 0 aromatic heterocycles. The number of benzene rings is 2. The van der Waals surface area contributed by atoms with Crippen molar-refractivity contribution in [2.45, 2.75) is 38.9 Å². The van der Waals surface area contributed by atoms with Crippen LogP contribution in [0.2, 0.25) is 0 Å². The highest BCUT2D eigenvalue weighted by molar-refractivity contribution is 7.92. The smallest absolute Gasteiger partial charge is 0.243 e. The summed E-state index contributed by atoms with van der Waals surface area (Å²) in [7, 11) is -2.16. The van der Waals surface area contributed by atoms with Gasteiger partial charge in [-0.3, -0.25) is 14.0 Å². The summed E-state index contributed by atoms with van der Waals surface area (Å²) >= 11 is 0. The number of likely N-dealkylation sites (tertiary alicyclic amines) is 1. The molecule has 7 nitrogen and oxygen atoms in total. The van der Waals surface area contributed by atoms with Crippen LogP contribution in [0.5, 0.6) is 5.75 Å². The predicted molar refractivity (Wildman–Crippen MR) is 123 cm³/mol. The van der Waals surface area contributed by atoms with Gasteiger partial charge in [0.15, 0.2) is 0 Å². The molecule has 8 heteroatoms. The number of anilines is 1. The van der Waals surface area contributed by atoms with Crippen molar-refractivity contribution in [2.24, 2.45) is 0 Å². The molecule has 168 valence electrons. The molecule has 2 aromatic rings. The molecule has 1 aliphatic rings. The zero-order chi connectivity index (χ0) is 22.4. The van der Waals surface area contributed by atoms with Crippen LogP contribution in [0.25, 0.3) is 0 Å². The number of carbonyl (C=O) groups is 1. The fraction of sp³-hybridized carbons (Fsp3) is 0.435. The highest BCUT2D eigenvalue weighted by Gasteiger charge is 2.29. The zero-order valence-electron chi connectivity index (χ0n) is 18.4. The third-order valence-electron chi connectivity index (χ3n) is 5.49. The molecule has 1 N–H and O–H groups in total. The van der Waals surface area contributed by atoms with Gasteiger partial charge in [0.25, 0.3) is 0 Å². The van der Waals surface area contributed by atoms with Gasteiger partial charge >= 0.3 is 0 Å². The fourth-order valence-corrected chi connectivity index (χ4v) is 5.02. The van der Waals surface area contributed by atoms with Crippen LogP contribution >= 0.6 is 0 Å². The van der Waals surface area contributed by atoms with E-state index in [0.717, 1.165) is 35.8 Å². The Balaban J connectivity index is 1.63. The van der Waals surface area contributed by atoms with E-state index in [4.69, 9.17) is 4.74 Å². The molecular formula is C23H31N3O4S. The number of nitrogens with one attached hydrogen (secondary N) is 1. The molecule has 1 saturated heterocycles. The summed E-state index contributed by atoms with van der Waals surface area (Å²) in [5, 5.41) is 2.86. The topological polar surface area (TPSA) is 79.0 Å². The molecule has 31 heavy (non-hydrogen) atoms. The molecule has 1 heterocycles. The number of sulfonamides is 1. The molecule has 1 fully saturated rings. The van der Waals surface area contributed by atoms with E-state index in [-0.39, 0.29) is 5.91 Å². The van der Waals surface area contributed by atoms with Gasteiger partial charge in [0.2, 0.25) is 15.9 Å². The number of methoxy groups -OCH3 is 1. The van der Waals surface area contributed by atoms with Crippen molar-refractivity contribution in [1.82, 2.24) is 10.2 Å². The average Bonchev–Trinajstić information content (AvgIpc) is 3.25. The Bertz CT molecular complexity index is 986. The molecule has 0 saturated carbocycles. The lowest BCUT2D eigenvalue weighted by atomic mass is 10.1. The Morgan fingerprint density at radius 1 is 1.13 bits per heavy atom. The van der Waals surface area contributed by atoms with Crippen molar-refractivity contribution in [3.05, 3.63) is 59.7 Å². The van der Waals surface area contributed by atoms with Crippen LogP contribution in [0.4, 0.5) is 5.69 Å². The zero-order valence-corrected chi connectivity index (χ0v) is 19.2. The molecular weight excluding hydrogens is 414 g/mol. The first-order valence-corrected chi connectivity index (χ1v) is 12.3. The summed E-state index contributed by atoms with van der Waals surface area (Å²) in [5.41, 5.74) is 2.61. The second kappa shape index (κ2) is 10.2. The third kappa shape index (κ3) is 6.21. The Kier molecular flexibility index (Phi) is 7.56. The predicted octanol–water partition coefficient (Wildman–Crippen LogP) is 2.76. The van der Waals surface area contributed by atoms with Gasteiger partial charge in [-0.15, -0.1) is 0 Å². The normalized spacial score (nSPS) is 15.5. The molecule has 1 amide bonds. The SMILES string of the molecule is COc1cccc(N([C@@H](C)C(=O)NCc2ccc(CN3CCCC3)cc2)S(C)(=O)=O)c1. The van der Waals surface area contributed by atoms with Gasteiger partial charge in [-0.2, -0.15) is 0 Å². The van der Waals surface area contributed by atoms with E-state index in [1.807, 2.05) is 12.1 Å². The molecule has 1 atom stereocenters. The van der Waals surface area contributed by atoms with Crippen LogP contribution in [0.15, 0.2) is 48.5 Å². The summed E-state index contributed by atoms with van der Waals surface area (Å²) in [6, 6.07) is 13.9. The number of nitrogens with zero attached hydrogens (tertiary/aromatic N) is 2. The maximum absolute atomic E-state index is 12.8. The minimum atomic E-state index is -3.68. The van der Waals surface area contributed by atoms with Crippen molar-refractivity contribution >= 4 is 21.6 Å². The van der Waals surface area contributed by atoms with Crippen molar-refractivity contribution < 1.29 is 17.9 Å². The van der Waals surface area contributed by atoms with E-state index in [9.17, 15) is 13.2 Å². The van der Waals surface area contributed by atoms with Crippen molar-refractivity contribution in [2.75, 3.05) is 30.8 Å². The Labute approximate surface area is 185 Å². The van der Waals surface area contributed by atoms with Gasteiger partial charge in [-0.05, 0) is 56.1 Å². The van der Waals surface area contributed by atoms with Crippen LogP contribution in [0.3, 0.4) is 0 Å². The fourth-order valence-electron chi connectivity index (χ4n) is 3.85. The second-order valence-electron chi connectivity index (χ2n) is 7.95. The summed E-state index contributed by atoms with van der Waals surface area (Å²) in [5.74, 6) is 0.155. The summed E-state index contributed by atoms with van der Waals surface area (Å²) < 4.78 is 31.2. The summed E-state index contributed by atoms with van der Waals surface area (Å²) in [6.07, 6.45) is 3.63. The van der Waals surface area contributed by atoms with Crippen LogP contribution in [-0.2, 0) is 27.9 Å². The van der Waals surface area contributed by atoms with Crippen LogP contribution < -0.4 is 14.4 Å². The largest absolute Gasteiger partial charge is 0.497 e. The van der Waals surface area contributed by atoms with E-state index in [2.05, 4.69) is 22.3 Å². The van der Waals surface area contributed by atoms with Gasteiger partial charge in [-0.25, -0.2) is 8.42 Å². The van der Waals surface area contributed by atoms with Gasteiger partial charge < -0.3 is 10.1 Å². The number of rotatable bonds is 9. The van der Waals surface area contributed by atoms with Crippen LogP contribution in [0, 0.1) is 0 Å². The first-order valence-electron chi connectivity index (χ1n) is 10.5. The first-order chi connectivity index (χ1) is 14.8. The molecule has 0 bridgehead atoms. The van der Waals surface area contributed by atoms with E-state index in [0.29, 0.717) is 18.0 Å². The second-order valence-corrected chi connectivity index (χ2v) is 9.81. The van der Waals surface area contributed by atoms with Gasteiger partial charge in [0.1, 0.15) is 11.8 Å². The molecule has 0 aliphatic carbocycles. The quantitative estimate of drug-likeness (QED) is 0.642. The molecule has 1 aliphatic heterocycles. The van der Waals surface area contributed by atoms with Crippen LogP contribution in [0.1, 0.15) is 30.9 Å². The maximum atomic E-state index is 12.8. The van der Waals surface area contributed by atoms with Gasteiger partial charge in [0, 0.05) is 19.2 Å². The van der Waals surface area contributed by atoms with Crippen molar-refractivity contribution in [1.29, 1.82) is 0 Å². The van der Waals surface area contributed by atoms with Crippen molar-refractivity contribution in [3.8, 4) is 5.75 Å². The minimum absolute atomic E-state index is 0.336. The number of ether oxygens (including phenoxy) is 1. The maximum Gasteiger partial charge on any atom is 0.243 e. The number of amides is 1. The highest BCUT2D eigenvalue weighted by Crippen LogP contribution is 2.25. The van der Waals surface area contributed by atoms with Gasteiger partial charge in [0.05, 0.1) is 19.1 Å². The number of hydrogen-bond donors (Lipinski definition) is 1. The standard InChI is InChI=1S/C23H31N3O4S/c1-18(26(31(3,28)29)21-7-6-8-22(15-21)30-2)23(27)24-16-19-9-11-20(12-10-19)17-25-13-4-5-14-25/h6-12,15,18H,4-5,13-14,16-17H2,1-3H3,(H,24,27)/t18-/m0/s1. The van der Waals surface area contributed by atoms with E-state index in [1.165, 1.54) is 25.5 Å². The van der Waals surface area contributed by atoms with Crippen LogP contribution in [-0.4, -0.2) is 51.7 Å². The first kappa shape index (κ1) is 23.1. The Morgan fingerprint density at radius 2 is 1.77 bits per heavy atom. The number of hydrogen-bond acceptors (Lipinski definition) is 5.